The normalized spacial score (nSPS) is 32.9. The number of nitrogens with zero attached hydrogens (tertiary/aromatic N) is 2. The van der Waals surface area contributed by atoms with Gasteiger partial charge in [-0.1, -0.05) is 20.8 Å². The SMILES string of the molecule is CC1(C)[C@H]2CC[C@@]1(C)[C@H](NC(=O)Cc1csc(N3CCNC3=O)n1)C2. The molecule has 25 heavy (non-hydrogen) atoms. The molecular formula is C18H26N4O2S. The first-order chi connectivity index (χ1) is 11.8. The van der Waals surface area contributed by atoms with Crippen molar-refractivity contribution < 1.29 is 9.59 Å². The fourth-order valence-electron chi connectivity index (χ4n) is 4.99. The molecule has 0 spiro atoms. The number of urea groups is 1. The third-order valence-electron chi connectivity index (χ3n) is 7.10. The molecule has 4 rings (SSSR count). The van der Waals surface area contributed by atoms with Gasteiger partial charge < -0.3 is 10.6 Å². The quantitative estimate of drug-likeness (QED) is 0.864. The van der Waals surface area contributed by atoms with E-state index in [1.54, 1.807) is 4.90 Å². The molecule has 2 bridgehead atoms. The van der Waals surface area contributed by atoms with Crippen LogP contribution in [0.2, 0.25) is 0 Å². The van der Waals surface area contributed by atoms with Gasteiger partial charge in [-0.2, -0.15) is 0 Å². The molecule has 0 unspecified atom stereocenters. The van der Waals surface area contributed by atoms with Crippen molar-refractivity contribution in [1.82, 2.24) is 15.6 Å². The lowest BCUT2D eigenvalue weighted by Gasteiger charge is -2.39. The summed E-state index contributed by atoms with van der Waals surface area (Å²) in [5.74, 6) is 0.750. The topological polar surface area (TPSA) is 74.3 Å². The van der Waals surface area contributed by atoms with E-state index in [0.29, 0.717) is 29.6 Å². The van der Waals surface area contributed by atoms with Crippen LogP contribution < -0.4 is 15.5 Å². The van der Waals surface area contributed by atoms with Crippen LogP contribution in [-0.2, 0) is 11.2 Å². The smallest absolute Gasteiger partial charge is 0.323 e. The Hall–Kier alpha value is -1.63. The molecule has 1 aromatic heterocycles. The predicted molar refractivity (Wildman–Crippen MR) is 97.7 cm³/mol. The first-order valence-corrected chi connectivity index (χ1v) is 9.98. The van der Waals surface area contributed by atoms with Gasteiger partial charge in [0.25, 0.3) is 0 Å². The van der Waals surface area contributed by atoms with Gasteiger partial charge in [-0.05, 0) is 36.0 Å². The van der Waals surface area contributed by atoms with Crippen LogP contribution in [0.1, 0.15) is 45.7 Å². The number of rotatable bonds is 4. The van der Waals surface area contributed by atoms with Crippen molar-refractivity contribution in [2.45, 2.75) is 52.5 Å². The summed E-state index contributed by atoms with van der Waals surface area (Å²) >= 11 is 1.42. The zero-order chi connectivity index (χ0) is 17.8. The first-order valence-electron chi connectivity index (χ1n) is 9.10. The van der Waals surface area contributed by atoms with Crippen molar-refractivity contribution in [1.29, 1.82) is 0 Å². The Labute approximate surface area is 152 Å². The van der Waals surface area contributed by atoms with Gasteiger partial charge in [0.05, 0.1) is 12.1 Å². The van der Waals surface area contributed by atoms with E-state index in [0.717, 1.165) is 12.1 Å². The van der Waals surface area contributed by atoms with Crippen LogP contribution in [0.5, 0.6) is 0 Å². The minimum atomic E-state index is -0.109. The molecule has 6 nitrogen and oxygen atoms in total. The van der Waals surface area contributed by atoms with Crippen molar-refractivity contribution in [3.8, 4) is 0 Å². The molecule has 1 aromatic rings. The zero-order valence-electron chi connectivity index (χ0n) is 15.1. The van der Waals surface area contributed by atoms with E-state index in [1.807, 2.05) is 5.38 Å². The van der Waals surface area contributed by atoms with E-state index in [1.165, 1.54) is 24.2 Å². The molecule has 0 radical (unpaired) electrons. The van der Waals surface area contributed by atoms with Crippen LogP contribution in [0.4, 0.5) is 9.93 Å². The van der Waals surface area contributed by atoms with Gasteiger partial charge in [0, 0.05) is 24.5 Å². The minimum absolute atomic E-state index is 0.0392. The van der Waals surface area contributed by atoms with E-state index >= 15 is 0 Å². The number of carbonyl (C=O) groups is 2. The highest BCUT2D eigenvalue weighted by molar-refractivity contribution is 7.14. The lowest BCUT2D eigenvalue weighted by molar-refractivity contribution is -0.122. The monoisotopic (exact) mass is 362 g/mol. The highest BCUT2D eigenvalue weighted by Gasteiger charge is 2.61. The second-order valence-corrected chi connectivity index (χ2v) is 9.25. The van der Waals surface area contributed by atoms with E-state index in [9.17, 15) is 9.59 Å². The van der Waals surface area contributed by atoms with Crippen LogP contribution in [0, 0.1) is 16.7 Å². The molecule has 3 aliphatic rings. The molecular weight excluding hydrogens is 336 g/mol. The predicted octanol–water partition coefficient (Wildman–Crippen LogP) is 2.55. The van der Waals surface area contributed by atoms with Crippen molar-refractivity contribution in [3.63, 3.8) is 0 Å². The Kier molecular flexibility index (Phi) is 3.83. The largest absolute Gasteiger partial charge is 0.352 e. The van der Waals surface area contributed by atoms with Crippen molar-refractivity contribution in [2.24, 2.45) is 16.7 Å². The number of aromatic nitrogens is 1. The fourth-order valence-corrected chi connectivity index (χ4v) is 5.84. The molecule has 2 N–H and O–H groups in total. The van der Waals surface area contributed by atoms with Crippen LogP contribution >= 0.6 is 11.3 Å². The van der Waals surface area contributed by atoms with Gasteiger partial charge in [-0.3, -0.25) is 9.69 Å². The average molecular weight is 362 g/mol. The summed E-state index contributed by atoms with van der Waals surface area (Å²) in [6.45, 7) is 8.31. The highest BCUT2D eigenvalue weighted by Crippen LogP contribution is 2.65. The fraction of sp³-hybridized carbons (Fsp3) is 0.722. The summed E-state index contributed by atoms with van der Waals surface area (Å²) in [4.78, 5) is 30.4. The molecule has 3 atom stereocenters. The lowest BCUT2D eigenvalue weighted by atomic mass is 9.69. The Morgan fingerprint density at radius 2 is 2.28 bits per heavy atom. The van der Waals surface area contributed by atoms with Crippen molar-refractivity contribution >= 4 is 28.4 Å². The summed E-state index contributed by atoms with van der Waals surface area (Å²) < 4.78 is 0. The van der Waals surface area contributed by atoms with E-state index in [-0.39, 0.29) is 29.8 Å². The molecule has 2 heterocycles. The third kappa shape index (κ3) is 2.55. The van der Waals surface area contributed by atoms with Gasteiger partial charge in [0.15, 0.2) is 5.13 Å². The molecule has 136 valence electrons. The van der Waals surface area contributed by atoms with Crippen LogP contribution in [0.25, 0.3) is 0 Å². The summed E-state index contributed by atoms with van der Waals surface area (Å²) in [6.07, 6.45) is 3.85. The Morgan fingerprint density at radius 1 is 1.48 bits per heavy atom. The van der Waals surface area contributed by atoms with E-state index in [2.05, 4.69) is 36.4 Å². The zero-order valence-corrected chi connectivity index (χ0v) is 15.9. The number of amides is 3. The number of hydrogen-bond donors (Lipinski definition) is 2. The van der Waals surface area contributed by atoms with Gasteiger partial charge >= 0.3 is 6.03 Å². The lowest BCUT2D eigenvalue weighted by Crippen LogP contribution is -2.47. The maximum absolute atomic E-state index is 12.6. The molecule has 7 heteroatoms. The Bertz CT molecular complexity index is 716. The number of fused-ring (bicyclic) bond motifs is 2. The standard InChI is InChI=1S/C18H26N4O2S/c1-17(2)11-4-5-18(17,3)13(8-11)21-14(23)9-12-10-25-16(20-12)22-7-6-19-15(22)24/h10-11,13H,4-9H2,1-3H3,(H,19,24)(H,21,23)/t11-,13+,18-/m0/s1. The van der Waals surface area contributed by atoms with E-state index < -0.39 is 0 Å². The molecule has 2 saturated carbocycles. The van der Waals surface area contributed by atoms with Crippen molar-refractivity contribution in [2.75, 3.05) is 18.0 Å². The summed E-state index contributed by atoms with van der Waals surface area (Å²) in [6, 6.07) is 0.152. The number of carbonyl (C=O) groups excluding carboxylic acids is 2. The maximum atomic E-state index is 12.6. The second kappa shape index (κ2) is 5.69. The van der Waals surface area contributed by atoms with Gasteiger partial charge in [0.2, 0.25) is 5.91 Å². The van der Waals surface area contributed by atoms with Gasteiger partial charge in [-0.25, -0.2) is 9.78 Å². The number of nitrogens with one attached hydrogen (secondary N) is 2. The number of anilines is 1. The maximum Gasteiger partial charge on any atom is 0.323 e. The van der Waals surface area contributed by atoms with Gasteiger partial charge in [-0.15, -0.1) is 11.3 Å². The minimum Gasteiger partial charge on any atom is -0.352 e. The molecule has 3 amide bonds. The van der Waals surface area contributed by atoms with Crippen LogP contribution in [0.3, 0.4) is 0 Å². The highest BCUT2D eigenvalue weighted by atomic mass is 32.1. The molecule has 0 aromatic carbocycles. The molecule has 1 aliphatic heterocycles. The van der Waals surface area contributed by atoms with Crippen LogP contribution in [0.15, 0.2) is 5.38 Å². The Balaban J connectivity index is 1.39. The number of hydrogen-bond acceptors (Lipinski definition) is 4. The third-order valence-corrected chi connectivity index (χ3v) is 8.01. The number of thiazole rings is 1. The van der Waals surface area contributed by atoms with Crippen LogP contribution in [-0.4, -0.2) is 36.1 Å². The summed E-state index contributed by atoms with van der Waals surface area (Å²) in [5, 5.41) is 8.60. The summed E-state index contributed by atoms with van der Waals surface area (Å²) in [5.41, 5.74) is 1.22. The molecule has 3 fully saturated rings. The molecule has 2 aliphatic carbocycles. The average Bonchev–Trinajstić information content (AvgIpc) is 3.25. The summed E-state index contributed by atoms with van der Waals surface area (Å²) in [7, 11) is 0. The molecule has 1 saturated heterocycles. The first kappa shape index (κ1) is 16.8. The second-order valence-electron chi connectivity index (χ2n) is 8.41. The van der Waals surface area contributed by atoms with Gasteiger partial charge in [0.1, 0.15) is 0 Å². The van der Waals surface area contributed by atoms with E-state index in [4.69, 9.17) is 0 Å². The van der Waals surface area contributed by atoms with Crippen molar-refractivity contribution in [3.05, 3.63) is 11.1 Å². The Morgan fingerprint density at radius 3 is 2.88 bits per heavy atom.